The first-order valence-electron chi connectivity index (χ1n) is 11.0. The van der Waals surface area contributed by atoms with Gasteiger partial charge in [-0.2, -0.15) is 0 Å². The molecule has 0 radical (unpaired) electrons. The number of carbonyl (C=O) groups excluding carboxylic acids is 4. The van der Waals surface area contributed by atoms with Crippen LogP contribution in [0, 0.1) is 28.6 Å². The van der Waals surface area contributed by atoms with Gasteiger partial charge in [-0.05, 0) is 37.8 Å². The number of ether oxygens (including phenoxy) is 2. The summed E-state index contributed by atoms with van der Waals surface area (Å²) in [6.45, 7) is 3.27. The van der Waals surface area contributed by atoms with Gasteiger partial charge < -0.3 is 14.6 Å². The van der Waals surface area contributed by atoms with Crippen LogP contribution in [0.3, 0.4) is 0 Å². The van der Waals surface area contributed by atoms with E-state index in [0.717, 1.165) is 13.2 Å². The molecule has 4 rings (SSSR count). The van der Waals surface area contributed by atoms with Crippen LogP contribution in [0.1, 0.15) is 40.0 Å². The van der Waals surface area contributed by atoms with Crippen LogP contribution in [0.4, 0.5) is 13.6 Å². The minimum Gasteiger partial charge on any atom is -0.438 e. The smallest absolute Gasteiger partial charge is 0.438 e. The van der Waals surface area contributed by atoms with E-state index in [2.05, 4.69) is 4.74 Å². The maximum Gasteiger partial charge on any atom is 0.509 e. The Kier molecular flexibility index (Phi) is 5.24. The lowest BCUT2D eigenvalue weighted by Crippen LogP contribution is -2.71. The van der Waals surface area contributed by atoms with Gasteiger partial charge >= 0.3 is 6.16 Å². The number of halogens is 2. The number of fused-ring (bicyclic) bond motifs is 5. The van der Waals surface area contributed by atoms with Crippen molar-refractivity contribution in [2.24, 2.45) is 28.6 Å². The number of aliphatic hydroxyl groups excluding tert-OH is 1. The van der Waals surface area contributed by atoms with E-state index in [9.17, 15) is 28.7 Å². The Hall–Kier alpha value is -2.42. The molecule has 0 bridgehead atoms. The largest absolute Gasteiger partial charge is 0.509 e. The molecular formula is C24H28F2O7. The highest BCUT2D eigenvalue weighted by atomic mass is 19.1. The van der Waals surface area contributed by atoms with Crippen molar-refractivity contribution in [3.63, 3.8) is 0 Å². The maximum atomic E-state index is 17.1. The molecule has 9 heteroatoms. The molecule has 0 aromatic heterocycles. The van der Waals surface area contributed by atoms with Crippen molar-refractivity contribution in [2.45, 2.75) is 57.4 Å². The Morgan fingerprint density at radius 2 is 1.91 bits per heavy atom. The van der Waals surface area contributed by atoms with Gasteiger partial charge in [-0.25, -0.2) is 13.6 Å². The number of hydrogen-bond donors (Lipinski definition) is 1. The van der Waals surface area contributed by atoms with Crippen LogP contribution in [0.2, 0.25) is 0 Å². The maximum absolute atomic E-state index is 17.1. The summed E-state index contributed by atoms with van der Waals surface area (Å²) in [4.78, 5) is 50.2. The number of ketones is 3. The first-order valence-corrected chi connectivity index (χ1v) is 11.0. The van der Waals surface area contributed by atoms with Crippen molar-refractivity contribution >= 4 is 23.5 Å². The number of Topliss-reactive ketones (excluding diaryl/α,β-unsaturated/α-hetero) is 2. The van der Waals surface area contributed by atoms with Gasteiger partial charge in [0.1, 0.15) is 0 Å². The van der Waals surface area contributed by atoms with Crippen molar-refractivity contribution in [3.05, 3.63) is 23.8 Å². The number of carbonyl (C=O) groups is 4. The van der Waals surface area contributed by atoms with E-state index in [-0.39, 0.29) is 24.8 Å². The molecule has 0 spiro atoms. The molecule has 180 valence electrons. The van der Waals surface area contributed by atoms with Gasteiger partial charge in [-0.15, -0.1) is 0 Å². The monoisotopic (exact) mass is 466 g/mol. The lowest BCUT2D eigenvalue weighted by Gasteiger charge is -2.62. The third-order valence-electron chi connectivity index (χ3n) is 8.97. The van der Waals surface area contributed by atoms with Gasteiger partial charge in [0, 0.05) is 29.2 Å². The Morgan fingerprint density at radius 3 is 2.52 bits per heavy atom. The van der Waals surface area contributed by atoms with E-state index in [0.29, 0.717) is 0 Å². The molecule has 0 aromatic rings. The summed E-state index contributed by atoms with van der Waals surface area (Å²) >= 11 is 0. The quantitative estimate of drug-likeness (QED) is 0.638. The SMILES string of the molecule is COC(=O)O[C@]1(C(=O)CF)[C@@H](C)C[C@H]2[C@@H]3CC(=O)C4=CC(=O)C=C[C@]4(C)[C@@]3(F)[C@@H](O)C[C@@]21C. The van der Waals surface area contributed by atoms with Crippen molar-refractivity contribution in [1.82, 2.24) is 0 Å². The highest BCUT2D eigenvalue weighted by Gasteiger charge is 2.78. The van der Waals surface area contributed by atoms with E-state index in [4.69, 9.17) is 4.74 Å². The molecule has 7 nitrogen and oxygen atoms in total. The lowest BCUT2D eigenvalue weighted by molar-refractivity contribution is -0.219. The summed E-state index contributed by atoms with van der Waals surface area (Å²) in [6.07, 6.45) is 0.365. The minimum absolute atomic E-state index is 0.0133. The molecule has 0 aromatic carbocycles. The third kappa shape index (κ3) is 2.68. The van der Waals surface area contributed by atoms with E-state index in [1.165, 1.54) is 19.1 Å². The van der Waals surface area contributed by atoms with E-state index >= 15 is 4.39 Å². The average Bonchev–Trinajstić information content (AvgIpc) is 2.98. The Balaban J connectivity index is 1.89. The van der Waals surface area contributed by atoms with E-state index in [1.54, 1.807) is 13.8 Å². The van der Waals surface area contributed by atoms with Crippen molar-refractivity contribution in [2.75, 3.05) is 13.8 Å². The molecule has 0 aliphatic heterocycles. The molecule has 3 fully saturated rings. The predicted octanol–water partition coefficient (Wildman–Crippen LogP) is 2.84. The molecule has 0 amide bonds. The first-order chi connectivity index (χ1) is 15.3. The standard InChI is InChI=1S/C24H28F2O7/c1-12-7-14-15-9-17(28)16-8-13(27)5-6-21(16,2)23(15,26)18(29)10-22(14,3)24(12,19(30)11-25)33-20(31)32-4/h5-6,8,12,14-15,18,29H,7,9-11H2,1-4H3/t12-,14-,15-,18-,21-,22-,23-,24-/m0/s1. The molecule has 8 atom stereocenters. The van der Waals surface area contributed by atoms with Gasteiger partial charge in [-0.1, -0.05) is 19.9 Å². The van der Waals surface area contributed by atoms with Crippen LogP contribution in [-0.2, 0) is 23.9 Å². The fourth-order valence-electron chi connectivity index (χ4n) is 7.50. The highest BCUT2D eigenvalue weighted by molar-refractivity contribution is 6.10. The van der Waals surface area contributed by atoms with Gasteiger partial charge in [0.25, 0.3) is 0 Å². The predicted molar refractivity (Wildman–Crippen MR) is 110 cm³/mol. The Morgan fingerprint density at radius 1 is 1.24 bits per heavy atom. The third-order valence-corrected chi connectivity index (χ3v) is 8.97. The molecule has 0 saturated heterocycles. The van der Waals surface area contributed by atoms with Crippen LogP contribution >= 0.6 is 0 Å². The zero-order valence-electron chi connectivity index (χ0n) is 19.0. The zero-order valence-corrected chi connectivity index (χ0v) is 19.0. The summed E-state index contributed by atoms with van der Waals surface area (Å²) in [5, 5.41) is 11.3. The van der Waals surface area contributed by atoms with E-state index < -0.39 is 76.1 Å². The van der Waals surface area contributed by atoms with Gasteiger partial charge in [0.05, 0.1) is 18.6 Å². The fraction of sp³-hybridized carbons (Fsp3) is 0.667. The second-order valence-electron chi connectivity index (χ2n) is 10.2. The van der Waals surface area contributed by atoms with Crippen molar-refractivity contribution in [3.8, 4) is 0 Å². The number of alkyl halides is 2. The lowest BCUT2D eigenvalue weighted by atomic mass is 9.44. The van der Waals surface area contributed by atoms with Crippen molar-refractivity contribution in [1.29, 1.82) is 0 Å². The molecule has 33 heavy (non-hydrogen) atoms. The number of rotatable bonds is 3. The number of allylic oxidation sites excluding steroid dienone is 4. The number of hydrogen-bond acceptors (Lipinski definition) is 7. The van der Waals surface area contributed by atoms with Gasteiger partial charge in [0.15, 0.2) is 29.5 Å². The number of aliphatic hydroxyl groups is 1. The average molecular weight is 466 g/mol. The second-order valence-corrected chi connectivity index (χ2v) is 10.2. The molecule has 0 unspecified atom stereocenters. The van der Waals surface area contributed by atoms with Crippen LogP contribution < -0.4 is 0 Å². The second kappa shape index (κ2) is 7.29. The molecule has 0 heterocycles. The summed E-state index contributed by atoms with van der Waals surface area (Å²) in [6, 6.07) is 0. The first kappa shape index (κ1) is 23.7. The van der Waals surface area contributed by atoms with Gasteiger partial charge in [0.2, 0.25) is 5.78 Å². The molecule has 1 N–H and O–H groups in total. The van der Waals surface area contributed by atoms with Crippen LogP contribution in [0.15, 0.2) is 23.8 Å². The summed E-state index contributed by atoms with van der Waals surface area (Å²) in [7, 11) is 1.06. The highest BCUT2D eigenvalue weighted by Crippen LogP contribution is 2.71. The van der Waals surface area contributed by atoms with Crippen molar-refractivity contribution < 1.29 is 42.5 Å². The van der Waals surface area contributed by atoms with Crippen LogP contribution in [0.5, 0.6) is 0 Å². The fourth-order valence-corrected chi connectivity index (χ4v) is 7.50. The normalized spacial score (nSPS) is 46.1. The van der Waals surface area contributed by atoms with Crippen LogP contribution in [0.25, 0.3) is 0 Å². The molecule has 4 aliphatic carbocycles. The Bertz CT molecular complexity index is 1000. The summed E-state index contributed by atoms with van der Waals surface area (Å²) in [5.74, 6) is -4.28. The Labute approximate surface area is 190 Å². The molecule has 3 saturated carbocycles. The molecular weight excluding hydrogens is 438 g/mol. The topological polar surface area (TPSA) is 107 Å². The summed E-state index contributed by atoms with van der Waals surface area (Å²) in [5.41, 5.74) is -7.20. The molecule has 4 aliphatic rings. The number of methoxy groups -OCH3 is 1. The zero-order chi connectivity index (χ0) is 24.6. The van der Waals surface area contributed by atoms with Crippen LogP contribution in [-0.4, -0.2) is 59.8 Å². The summed E-state index contributed by atoms with van der Waals surface area (Å²) < 4.78 is 41.0. The minimum atomic E-state index is -2.33. The van der Waals surface area contributed by atoms with E-state index in [1.807, 2.05) is 0 Å². The van der Waals surface area contributed by atoms with Gasteiger partial charge in [-0.3, -0.25) is 14.4 Å².